The van der Waals surface area contributed by atoms with Crippen LogP contribution in [0.1, 0.15) is 15.9 Å². The van der Waals surface area contributed by atoms with Crippen LogP contribution >= 0.6 is 11.6 Å². The lowest BCUT2D eigenvalue weighted by Crippen LogP contribution is -2.21. The Kier molecular flexibility index (Phi) is 4.04. The van der Waals surface area contributed by atoms with E-state index in [2.05, 4.69) is 0 Å². The first-order valence-electron chi connectivity index (χ1n) is 5.75. The Hall–Kier alpha value is -2.67. The summed E-state index contributed by atoms with van der Waals surface area (Å²) in [5.74, 6) is -1.19. The van der Waals surface area contributed by atoms with Crippen molar-refractivity contribution in [2.45, 2.75) is 6.54 Å². The number of pyridine rings is 1. The van der Waals surface area contributed by atoms with E-state index in [1.54, 1.807) is 0 Å². The van der Waals surface area contributed by atoms with E-state index in [0.717, 1.165) is 16.8 Å². The molecule has 0 unspecified atom stereocenters. The van der Waals surface area contributed by atoms with Crippen molar-refractivity contribution in [2.75, 3.05) is 0 Å². The lowest BCUT2D eigenvalue weighted by molar-refractivity contribution is -0.385. The lowest BCUT2D eigenvalue weighted by Gasteiger charge is -2.08. The standard InChI is InChI=1S/C13H9ClN2O5/c14-10-2-3-11(16(20)21)9(5-10)7-15-6-8(13(18)19)1-4-12(15)17/h1-6H,7H2,(H,18,19). The second kappa shape index (κ2) is 5.76. The van der Waals surface area contributed by atoms with E-state index in [4.69, 9.17) is 16.7 Å². The van der Waals surface area contributed by atoms with Gasteiger partial charge in [0.2, 0.25) is 0 Å². The molecule has 2 aromatic rings. The summed E-state index contributed by atoms with van der Waals surface area (Å²) in [6, 6.07) is 6.26. The van der Waals surface area contributed by atoms with Gasteiger partial charge in [0.1, 0.15) is 0 Å². The first-order chi connectivity index (χ1) is 9.88. The van der Waals surface area contributed by atoms with Crippen LogP contribution in [-0.2, 0) is 6.54 Å². The van der Waals surface area contributed by atoms with E-state index < -0.39 is 16.5 Å². The quantitative estimate of drug-likeness (QED) is 0.688. The maximum absolute atomic E-state index is 11.7. The summed E-state index contributed by atoms with van der Waals surface area (Å²) in [5, 5.41) is 20.2. The normalized spacial score (nSPS) is 10.3. The average molecular weight is 309 g/mol. The molecule has 21 heavy (non-hydrogen) atoms. The molecule has 1 aromatic carbocycles. The van der Waals surface area contributed by atoms with Crippen LogP contribution in [0.5, 0.6) is 0 Å². The van der Waals surface area contributed by atoms with Gasteiger partial charge >= 0.3 is 5.97 Å². The fourth-order valence-electron chi connectivity index (χ4n) is 1.82. The van der Waals surface area contributed by atoms with E-state index >= 15 is 0 Å². The van der Waals surface area contributed by atoms with Crippen LogP contribution in [0.3, 0.4) is 0 Å². The largest absolute Gasteiger partial charge is 0.478 e. The highest BCUT2D eigenvalue weighted by Crippen LogP contribution is 2.23. The molecule has 108 valence electrons. The predicted molar refractivity (Wildman–Crippen MR) is 74.9 cm³/mol. The number of carboxylic acids is 1. The zero-order valence-electron chi connectivity index (χ0n) is 10.5. The maximum Gasteiger partial charge on any atom is 0.337 e. The molecule has 1 N–H and O–H groups in total. The van der Waals surface area contributed by atoms with Gasteiger partial charge in [-0.25, -0.2) is 4.79 Å². The van der Waals surface area contributed by atoms with Gasteiger partial charge in [-0.15, -0.1) is 0 Å². The Morgan fingerprint density at radius 2 is 2.05 bits per heavy atom. The van der Waals surface area contributed by atoms with Gasteiger partial charge in [-0.05, 0) is 18.2 Å². The molecule has 0 amide bonds. The number of carbonyl (C=O) groups is 1. The molecule has 0 bridgehead atoms. The van der Waals surface area contributed by atoms with Gasteiger partial charge in [-0.1, -0.05) is 11.6 Å². The van der Waals surface area contributed by atoms with Crippen molar-refractivity contribution in [1.29, 1.82) is 0 Å². The van der Waals surface area contributed by atoms with Crippen LogP contribution in [-0.4, -0.2) is 20.6 Å². The van der Waals surface area contributed by atoms with Crippen molar-refractivity contribution in [3.05, 3.63) is 73.1 Å². The monoisotopic (exact) mass is 308 g/mol. The zero-order valence-corrected chi connectivity index (χ0v) is 11.3. The van der Waals surface area contributed by atoms with Gasteiger partial charge in [0, 0.05) is 23.4 Å². The summed E-state index contributed by atoms with van der Waals surface area (Å²) in [4.78, 5) is 33.0. The number of benzene rings is 1. The van der Waals surface area contributed by atoms with Crippen molar-refractivity contribution < 1.29 is 14.8 Å². The summed E-state index contributed by atoms with van der Waals surface area (Å²) in [5.41, 5.74) is -0.516. The molecule has 0 aliphatic heterocycles. The second-order valence-electron chi connectivity index (χ2n) is 4.22. The summed E-state index contributed by atoms with van der Waals surface area (Å²) < 4.78 is 1.09. The topological polar surface area (TPSA) is 102 Å². The SMILES string of the molecule is O=C(O)c1ccc(=O)n(Cc2cc(Cl)ccc2[N+](=O)[O-])c1. The molecular weight excluding hydrogens is 300 g/mol. The molecule has 0 aliphatic carbocycles. The number of aromatic carboxylic acids is 1. The highest BCUT2D eigenvalue weighted by atomic mass is 35.5. The van der Waals surface area contributed by atoms with Crippen LogP contribution in [0.25, 0.3) is 0 Å². The second-order valence-corrected chi connectivity index (χ2v) is 4.66. The van der Waals surface area contributed by atoms with E-state index in [-0.39, 0.29) is 28.4 Å². The van der Waals surface area contributed by atoms with Crippen LogP contribution in [0.4, 0.5) is 5.69 Å². The highest BCUT2D eigenvalue weighted by molar-refractivity contribution is 6.30. The van der Waals surface area contributed by atoms with Crippen molar-refractivity contribution >= 4 is 23.3 Å². The Labute approximate surface area is 123 Å². The molecule has 2 rings (SSSR count). The minimum atomic E-state index is -1.19. The maximum atomic E-state index is 11.7. The van der Waals surface area contributed by atoms with Gasteiger partial charge in [0.05, 0.1) is 22.6 Å². The molecular formula is C13H9ClN2O5. The Bertz CT molecular complexity index is 784. The third-order valence-electron chi connectivity index (χ3n) is 2.81. The smallest absolute Gasteiger partial charge is 0.337 e. The Balaban J connectivity index is 2.49. The summed E-state index contributed by atoms with van der Waals surface area (Å²) >= 11 is 5.81. The third-order valence-corrected chi connectivity index (χ3v) is 3.04. The first kappa shape index (κ1) is 14.7. The van der Waals surface area contributed by atoms with Gasteiger partial charge in [0.15, 0.2) is 0 Å². The molecule has 0 saturated carbocycles. The van der Waals surface area contributed by atoms with Crippen LogP contribution < -0.4 is 5.56 Å². The zero-order chi connectivity index (χ0) is 15.6. The molecule has 0 radical (unpaired) electrons. The number of rotatable bonds is 4. The molecule has 0 saturated heterocycles. The van der Waals surface area contributed by atoms with E-state index in [9.17, 15) is 19.7 Å². The summed E-state index contributed by atoms with van der Waals surface area (Å²) in [6.45, 7) is -0.142. The third kappa shape index (κ3) is 3.26. The molecule has 1 heterocycles. The van der Waals surface area contributed by atoms with Gasteiger partial charge in [0.25, 0.3) is 11.2 Å². The van der Waals surface area contributed by atoms with Crippen LogP contribution in [0.2, 0.25) is 5.02 Å². The molecule has 8 heteroatoms. The van der Waals surface area contributed by atoms with E-state index in [1.807, 2.05) is 0 Å². The highest BCUT2D eigenvalue weighted by Gasteiger charge is 2.15. The van der Waals surface area contributed by atoms with E-state index in [1.165, 1.54) is 24.3 Å². The molecule has 0 aliphatic rings. The van der Waals surface area contributed by atoms with Crippen molar-refractivity contribution in [1.82, 2.24) is 4.57 Å². The predicted octanol–water partition coefficient (Wildman–Crippen LogP) is 2.16. The molecule has 0 fully saturated rings. The van der Waals surface area contributed by atoms with Crippen molar-refractivity contribution in [2.24, 2.45) is 0 Å². The number of carboxylic acid groups (broad SMARTS) is 1. The Morgan fingerprint density at radius 3 is 2.67 bits per heavy atom. The van der Waals surface area contributed by atoms with E-state index in [0.29, 0.717) is 0 Å². The summed E-state index contributed by atoms with van der Waals surface area (Å²) in [7, 11) is 0. The molecule has 7 nitrogen and oxygen atoms in total. The number of hydrogen-bond donors (Lipinski definition) is 1. The minimum Gasteiger partial charge on any atom is -0.478 e. The average Bonchev–Trinajstić information content (AvgIpc) is 2.40. The van der Waals surface area contributed by atoms with Crippen LogP contribution in [0.15, 0.2) is 41.3 Å². The van der Waals surface area contributed by atoms with Crippen molar-refractivity contribution in [3.63, 3.8) is 0 Å². The number of nitrogens with zero attached hydrogens (tertiary/aromatic N) is 2. The van der Waals surface area contributed by atoms with Gasteiger partial charge < -0.3 is 9.67 Å². The number of halogens is 1. The number of nitro benzene ring substituents is 1. The van der Waals surface area contributed by atoms with Gasteiger partial charge in [-0.2, -0.15) is 0 Å². The molecule has 0 atom stereocenters. The number of hydrogen-bond acceptors (Lipinski definition) is 4. The molecule has 0 spiro atoms. The first-order valence-corrected chi connectivity index (χ1v) is 6.13. The molecule has 1 aromatic heterocycles. The van der Waals surface area contributed by atoms with Crippen LogP contribution in [0, 0.1) is 10.1 Å². The fraction of sp³-hybridized carbons (Fsp3) is 0.0769. The summed E-state index contributed by atoms with van der Waals surface area (Å²) in [6.07, 6.45) is 1.13. The fourth-order valence-corrected chi connectivity index (χ4v) is 2.02. The van der Waals surface area contributed by atoms with Gasteiger partial charge in [-0.3, -0.25) is 14.9 Å². The number of nitro groups is 1. The minimum absolute atomic E-state index is 0.0840. The van der Waals surface area contributed by atoms with Crippen molar-refractivity contribution in [3.8, 4) is 0 Å². The lowest BCUT2D eigenvalue weighted by atomic mass is 10.1. The Morgan fingerprint density at radius 1 is 1.33 bits per heavy atom. The number of aromatic nitrogens is 1.